The van der Waals surface area contributed by atoms with Crippen molar-refractivity contribution in [2.24, 2.45) is 0 Å². The van der Waals surface area contributed by atoms with Crippen molar-refractivity contribution in [1.29, 1.82) is 0 Å². The van der Waals surface area contributed by atoms with E-state index in [0.29, 0.717) is 18.0 Å². The van der Waals surface area contributed by atoms with Crippen LogP contribution in [0.2, 0.25) is 0 Å². The lowest BCUT2D eigenvalue weighted by molar-refractivity contribution is 0.0679. The van der Waals surface area contributed by atoms with Crippen LogP contribution in [0.5, 0.6) is 5.75 Å². The van der Waals surface area contributed by atoms with Crippen LogP contribution in [0, 0.1) is 6.92 Å². The van der Waals surface area contributed by atoms with Crippen molar-refractivity contribution in [3.05, 3.63) is 89.2 Å². The number of carbonyl (C=O) groups excluding carboxylic acids is 1. The molecule has 1 aliphatic rings. The van der Waals surface area contributed by atoms with E-state index in [4.69, 9.17) is 4.74 Å². The Balaban J connectivity index is 1.74. The number of hydrogen-bond acceptors (Lipinski definition) is 4. The van der Waals surface area contributed by atoms with Gasteiger partial charge >= 0.3 is 0 Å². The second kappa shape index (κ2) is 7.72. The number of nitrogens with one attached hydrogen (secondary N) is 1. The lowest BCUT2D eigenvalue weighted by Gasteiger charge is -2.38. The van der Waals surface area contributed by atoms with Gasteiger partial charge in [0.05, 0.1) is 12.7 Å². The molecule has 1 atom stereocenters. The van der Waals surface area contributed by atoms with Crippen LogP contribution in [0.1, 0.15) is 33.3 Å². The number of aryl methyl sites for hydroxylation is 1. The third-order valence-corrected chi connectivity index (χ3v) is 5.11. The van der Waals surface area contributed by atoms with Gasteiger partial charge in [-0.05, 0) is 42.7 Å². The number of aromatic nitrogens is 1. The Hall–Kier alpha value is -3.34. The van der Waals surface area contributed by atoms with Gasteiger partial charge in [0.2, 0.25) is 0 Å². The van der Waals surface area contributed by atoms with E-state index in [1.54, 1.807) is 13.3 Å². The Morgan fingerprint density at radius 2 is 1.89 bits per heavy atom. The van der Waals surface area contributed by atoms with Crippen molar-refractivity contribution in [2.75, 3.05) is 19.0 Å². The number of methoxy groups -OCH3 is 1. The molecule has 1 aliphatic heterocycles. The number of hydrogen-bond donors (Lipinski definition) is 1. The van der Waals surface area contributed by atoms with E-state index in [-0.39, 0.29) is 12.1 Å². The van der Waals surface area contributed by atoms with Gasteiger partial charge in [-0.15, -0.1) is 0 Å². The molecule has 2 heterocycles. The average Bonchev–Trinajstić information content (AvgIpc) is 2.73. The Morgan fingerprint density at radius 3 is 2.68 bits per heavy atom. The molecule has 0 bridgehead atoms. The Bertz CT molecular complexity index is 988. The Labute approximate surface area is 165 Å². The number of carbonyl (C=O) groups is 1. The second-order valence-electron chi connectivity index (χ2n) is 6.87. The second-order valence-corrected chi connectivity index (χ2v) is 6.87. The molecule has 0 fully saturated rings. The Kier molecular flexibility index (Phi) is 4.98. The van der Waals surface area contributed by atoms with Crippen LogP contribution in [-0.2, 0) is 6.42 Å². The van der Waals surface area contributed by atoms with Gasteiger partial charge in [-0.3, -0.25) is 9.78 Å². The molecule has 28 heavy (non-hydrogen) atoms. The minimum absolute atomic E-state index is 0.0143. The predicted octanol–water partition coefficient (Wildman–Crippen LogP) is 4.21. The third-order valence-electron chi connectivity index (χ3n) is 5.11. The summed E-state index contributed by atoms with van der Waals surface area (Å²) in [4.78, 5) is 19.8. The van der Waals surface area contributed by atoms with E-state index >= 15 is 0 Å². The highest BCUT2D eigenvalue weighted by Crippen LogP contribution is 2.36. The zero-order valence-electron chi connectivity index (χ0n) is 16.1. The van der Waals surface area contributed by atoms with Gasteiger partial charge in [0.1, 0.15) is 17.6 Å². The minimum Gasteiger partial charge on any atom is -0.495 e. The highest BCUT2D eigenvalue weighted by molar-refractivity contribution is 6.03. The summed E-state index contributed by atoms with van der Waals surface area (Å²) in [5, 5.41) is 3.51. The summed E-state index contributed by atoms with van der Waals surface area (Å²) in [5.74, 6) is 0.675. The van der Waals surface area contributed by atoms with Crippen molar-refractivity contribution in [3.63, 3.8) is 0 Å². The zero-order valence-corrected chi connectivity index (χ0v) is 16.1. The number of anilines is 1. The molecule has 0 aliphatic carbocycles. The molecule has 2 aromatic carbocycles. The van der Waals surface area contributed by atoms with Crippen molar-refractivity contribution in [2.45, 2.75) is 19.5 Å². The molecular weight excluding hydrogens is 350 g/mol. The Morgan fingerprint density at radius 1 is 1.07 bits per heavy atom. The molecule has 5 nitrogen and oxygen atoms in total. The lowest BCUT2D eigenvalue weighted by atomic mass is 10.00. The molecule has 5 heteroatoms. The van der Waals surface area contributed by atoms with E-state index in [1.807, 2.05) is 60.4 Å². The smallest absolute Gasteiger partial charge is 0.258 e. The van der Waals surface area contributed by atoms with E-state index in [9.17, 15) is 4.79 Å². The van der Waals surface area contributed by atoms with Crippen LogP contribution in [-0.4, -0.2) is 29.4 Å². The fourth-order valence-corrected chi connectivity index (χ4v) is 3.68. The zero-order chi connectivity index (χ0) is 19.5. The van der Waals surface area contributed by atoms with E-state index in [1.165, 1.54) is 5.56 Å². The maximum atomic E-state index is 13.5. The molecule has 0 saturated heterocycles. The summed E-state index contributed by atoms with van der Waals surface area (Å²) >= 11 is 0. The van der Waals surface area contributed by atoms with Crippen LogP contribution in [0.4, 0.5) is 5.69 Å². The van der Waals surface area contributed by atoms with Crippen LogP contribution in [0.15, 0.2) is 66.9 Å². The minimum atomic E-state index is -0.387. The largest absolute Gasteiger partial charge is 0.495 e. The first-order valence-electron chi connectivity index (χ1n) is 9.39. The van der Waals surface area contributed by atoms with E-state index in [2.05, 4.69) is 22.4 Å². The maximum absolute atomic E-state index is 13.5. The van der Waals surface area contributed by atoms with Crippen LogP contribution in [0.25, 0.3) is 0 Å². The first kappa shape index (κ1) is 18.0. The molecule has 0 spiro atoms. The van der Waals surface area contributed by atoms with Gasteiger partial charge in [0.25, 0.3) is 5.91 Å². The fraction of sp³-hybridized carbons (Fsp3) is 0.217. The van der Waals surface area contributed by atoms with Crippen molar-refractivity contribution in [1.82, 2.24) is 9.88 Å². The molecule has 142 valence electrons. The highest BCUT2D eigenvalue weighted by atomic mass is 16.5. The number of ether oxygens (including phenoxy) is 1. The van der Waals surface area contributed by atoms with Gasteiger partial charge in [0.15, 0.2) is 0 Å². The molecule has 0 radical (unpaired) electrons. The van der Waals surface area contributed by atoms with Gasteiger partial charge in [-0.1, -0.05) is 42.5 Å². The van der Waals surface area contributed by atoms with Gasteiger partial charge in [0, 0.05) is 18.4 Å². The summed E-state index contributed by atoms with van der Waals surface area (Å²) < 4.78 is 5.52. The SMILES string of the molecule is COc1cccnc1C1Nc2cccc(C)c2C(=O)N1CCc1ccccc1. The predicted molar refractivity (Wildman–Crippen MR) is 110 cm³/mol. The van der Waals surface area contributed by atoms with Crippen LogP contribution >= 0.6 is 0 Å². The quantitative estimate of drug-likeness (QED) is 0.728. The number of benzene rings is 2. The molecule has 0 saturated carbocycles. The monoisotopic (exact) mass is 373 g/mol. The maximum Gasteiger partial charge on any atom is 0.258 e. The first-order chi connectivity index (χ1) is 13.7. The molecule has 1 amide bonds. The normalized spacial score (nSPS) is 15.7. The standard InChI is InChI=1S/C23H23N3O2/c1-16-8-6-11-18-20(16)23(27)26(15-13-17-9-4-3-5-10-17)22(25-18)21-19(28-2)12-7-14-24-21/h3-12,14,22,25H,13,15H2,1-2H3. The lowest BCUT2D eigenvalue weighted by Crippen LogP contribution is -2.44. The summed E-state index contributed by atoms with van der Waals surface area (Å²) in [6.45, 7) is 2.55. The number of pyridine rings is 1. The topological polar surface area (TPSA) is 54.5 Å². The molecule has 3 aromatic rings. The fourth-order valence-electron chi connectivity index (χ4n) is 3.68. The molecule has 1 unspecified atom stereocenters. The van der Waals surface area contributed by atoms with Crippen LogP contribution in [0.3, 0.4) is 0 Å². The summed E-state index contributed by atoms with van der Waals surface area (Å²) in [7, 11) is 1.62. The highest BCUT2D eigenvalue weighted by Gasteiger charge is 2.35. The molecule has 4 rings (SSSR count). The third kappa shape index (κ3) is 3.31. The molecular formula is C23H23N3O2. The first-order valence-corrected chi connectivity index (χ1v) is 9.39. The summed E-state index contributed by atoms with van der Waals surface area (Å²) in [6, 6.07) is 19.8. The number of nitrogens with zero attached hydrogens (tertiary/aromatic N) is 2. The summed E-state index contributed by atoms with van der Waals surface area (Å²) in [5.41, 5.74) is 4.42. The molecule has 1 N–H and O–H groups in total. The average molecular weight is 373 g/mol. The van der Waals surface area contributed by atoms with E-state index in [0.717, 1.165) is 23.2 Å². The van der Waals surface area contributed by atoms with Crippen LogP contribution < -0.4 is 10.1 Å². The van der Waals surface area contributed by atoms with Crippen molar-refractivity contribution >= 4 is 11.6 Å². The number of fused-ring (bicyclic) bond motifs is 1. The van der Waals surface area contributed by atoms with Gasteiger partial charge < -0.3 is 15.0 Å². The number of amides is 1. The van der Waals surface area contributed by atoms with E-state index < -0.39 is 0 Å². The number of rotatable bonds is 5. The molecule has 1 aromatic heterocycles. The van der Waals surface area contributed by atoms with Gasteiger partial charge in [-0.25, -0.2) is 0 Å². The summed E-state index contributed by atoms with van der Waals surface area (Å²) in [6.07, 6.45) is 2.10. The van der Waals surface area contributed by atoms with Gasteiger partial charge in [-0.2, -0.15) is 0 Å². The van der Waals surface area contributed by atoms with Crippen molar-refractivity contribution < 1.29 is 9.53 Å². The van der Waals surface area contributed by atoms with Crippen molar-refractivity contribution in [3.8, 4) is 5.75 Å².